The van der Waals surface area contributed by atoms with Crippen molar-refractivity contribution in [2.24, 2.45) is 0 Å². The Hall–Kier alpha value is -3.71. The first-order chi connectivity index (χ1) is 15.2. The third-order valence-corrected chi connectivity index (χ3v) is 5.27. The molecule has 3 nitrogen and oxygen atoms in total. The van der Waals surface area contributed by atoms with Gasteiger partial charge >= 0.3 is 0 Å². The molecule has 0 aliphatic rings. The zero-order valence-corrected chi connectivity index (χ0v) is 17.4. The van der Waals surface area contributed by atoms with Crippen LogP contribution in [0.25, 0.3) is 22.3 Å². The summed E-state index contributed by atoms with van der Waals surface area (Å²) >= 11 is 0. The van der Waals surface area contributed by atoms with Gasteiger partial charge in [0.1, 0.15) is 5.60 Å². The van der Waals surface area contributed by atoms with Crippen LogP contribution in [0.3, 0.4) is 0 Å². The van der Waals surface area contributed by atoms with E-state index in [9.17, 15) is 10.4 Å². The van der Waals surface area contributed by atoms with E-state index in [4.69, 9.17) is 5.11 Å². The van der Waals surface area contributed by atoms with Crippen molar-refractivity contribution in [1.29, 1.82) is 5.26 Å². The Labute approximate surface area is 183 Å². The Morgan fingerprint density at radius 1 is 0.581 bits per heavy atom. The van der Waals surface area contributed by atoms with Gasteiger partial charge in [0.25, 0.3) is 0 Å². The Morgan fingerprint density at radius 3 is 1.23 bits per heavy atom. The summed E-state index contributed by atoms with van der Waals surface area (Å²) in [5.74, 6) is 0. The normalized spacial score (nSPS) is 10.5. The van der Waals surface area contributed by atoms with E-state index in [1.807, 2.05) is 84.9 Å². The lowest BCUT2D eigenvalue weighted by atomic mass is 9.83. The molecule has 0 aromatic heterocycles. The third kappa shape index (κ3) is 4.90. The van der Waals surface area contributed by atoms with Crippen molar-refractivity contribution in [1.82, 2.24) is 0 Å². The Kier molecular flexibility index (Phi) is 7.35. The average Bonchev–Trinajstić information content (AvgIpc) is 2.87. The largest absolute Gasteiger partial charge is 0.400 e. The van der Waals surface area contributed by atoms with Gasteiger partial charge in [-0.1, -0.05) is 109 Å². The minimum atomic E-state index is -1.35. The zero-order chi connectivity index (χ0) is 22.1. The summed E-state index contributed by atoms with van der Waals surface area (Å²) in [4.78, 5) is 0. The quantitative estimate of drug-likeness (QED) is 0.441. The summed E-state index contributed by atoms with van der Waals surface area (Å²) < 4.78 is 0. The molecule has 0 spiro atoms. The van der Waals surface area contributed by atoms with E-state index >= 15 is 0 Å². The monoisotopic (exact) mass is 407 g/mol. The van der Waals surface area contributed by atoms with Crippen LogP contribution < -0.4 is 0 Å². The minimum absolute atomic E-state index is 0.0115. The van der Waals surface area contributed by atoms with Crippen molar-refractivity contribution in [3.05, 3.63) is 120 Å². The maximum Gasteiger partial charge on any atom is 0.128 e. The summed E-state index contributed by atoms with van der Waals surface area (Å²) in [6, 6.07) is 38.0. The number of rotatable bonds is 5. The first-order valence-corrected chi connectivity index (χ1v) is 10.1. The van der Waals surface area contributed by atoms with E-state index in [1.165, 1.54) is 0 Å². The van der Waals surface area contributed by atoms with Crippen LogP contribution in [0.5, 0.6) is 0 Å². The molecule has 0 unspecified atom stereocenters. The maximum atomic E-state index is 11.5. The van der Waals surface area contributed by atoms with Gasteiger partial charge in [0.15, 0.2) is 0 Å². The van der Waals surface area contributed by atoms with Crippen LogP contribution in [0.4, 0.5) is 0 Å². The van der Waals surface area contributed by atoms with Crippen molar-refractivity contribution in [3.63, 3.8) is 0 Å². The molecule has 0 aliphatic carbocycles. The van der Waals surface area contributed by atoms with Gasteiger partial charge in [-0.3, -0.25) is 0 Å². The topological polar surface area (TPSA) is 64.2 Å². The molecule has 0 amide bonds. The van der Waals surface area contributed by atoms with Gasteiger partial charge < -0.3 is 10.2 Å². The van der Waals surface area contributed by atoms with Crippen LogP contribution in [-0.4, -0.2) is 17.3 Å². The Balaban J connectivity index is 0.00000132. The predicted octanol–water partition coefficient (Wildman–Crippen LogP) is 5.78. The van der Waals surface area contributed by atoms with Gasteiger partial charge in [0, 0.05) is 7.11 Å². The van der Waals surface area contributed by atoms with Crippen molar-refractivity contribution < 1.29 is 10.2 Å². The van der Waals surface area contributed by atoms with Gasteiger partial charge in [0.2, 0.25) is 0 Å². The molecule has 0 atom stereocenters. The number of hydrogen-bond acceptors (Lipinski definition) is 3. The molecule has 0 saturated heterocycles. The van der Waals surface area contributed by atoms with Crippen LogP contribution >= 0.6 is 0 Å². The molecular weight excluding hydrogens is 382 g/mol. The average molecular weight is 408 g/mol. The standard InChI is InChI=1S/C27H21NO.CH4O/c28-20-19-27(29,25-15-11-23(12-16-25)21-7-3-1-4-8-21)26-17-13-24(14-18-26)22-9-5-2-6-10-22;1-2/h1-18,29H,19H2;2H,1H3. The fourth-order valence-electron chi connectivity index (χ4n) is 3.62. The first-order valence-electron chi connectivity index (χ1n) is 10.1. The van der Waals surface area contributed by atoms with Gasteiger partial charge in [-0.2, -0.15) is 5.26 Å². The van der Waals surface area contributed by atoms with Crippen molar-refractivity contribution in [3.8, 4) is 28.3 Å². The molecule has 0 bridgehead atoms. The number of nitrogens with zero attached hydrogens (tertiary/aromatic N) is 1. The summed E-state index contributed by atoms with van der Waals surface area (Å²) in [7, 11) is 1.00. The van der Waals surface area contributed by atoms with Crippen LogP contribution in [0.2, 0.25) is 0 Å². The van der Waals surface area contributed by atoms with Crippen LogP contribution in [0, 0.1) is 11.3 Å². The molecule has 31 heavy (non-hydrogen) atoms. The maximum absolute atomic E-state index is 11.5. The highest BCUT2D eigenvalue weighted by Gasteiger charge is 2.31. The number of benzene rings is 4. The van der Waals surface area contributed by atoms with E-state index in [1.54, 1.807) is 0 Å². The van der Waals surface area contributed by atoms with E-state index in [0.717, 1.165) is 29.4 Å². The van der Waals surface area contributed by atoms with Gasteiger partial charge in [-0.15, -0.1) is 0 Å². The van der Waals surface area contributed by atoms with Crippen molar-refractivity contribution in [2.75, 3.05) is 7.11 Å². The highest BCUT2D eigenvalue weighted by atomic mass is 16.3. The van der Waals surface area contributed by atoms with Crippen LogP contribution in [0.1, 0.15) is 17.5 Å². The molecule has 4 aromatic carbocycles. The molecule has 0 fully saturated rings. The third-order valence-electron chi connectivity index (χ3n) is 5.27. The predicted molar refractivity (Wildman–Crippen MR) is 125 cm³/mol. The second-order valence-electron chi connectivity index (χ2n) is 7.08. The number of aliphatic hydroxyl groups excluding tert-OH is 1. The molecule has 4 rings (SSSR count). The highest BCUT2D eigenvalue weighted by molar-refractivity contribution is 5.65. The molecule has 0 aliphatic heterocycles. The Bertz CT molecular complexity index is 1030. The molecule has 0 heterocycles. The van der Waals surface area contributed by atoms with E-state index < -0.39 is 5.60 Å². The molecule has 3 heteroatoms. The number of hydrogen-bond donors (Lipinski definition) is 2. The fraction of sp³-hybridized carbons (Fsp3) is 0.107. The van der Waals surface area contributed by atoms with Crippen molar-refractivity contribution in [2.45, 2.75) is 12.0 Å². The second kappa shape index (κ2) is 10.4. The lowest BCUT2D eigenvalue weighted by Crippen LogP contribution is -2.26. The first kappa shape index (κ1) is 22.0. The fourth-order valence-corrected chi connectivity index (χ4v) is 3.62. The smallest absolute Gasteiger partial charge is 0.128 e. The van der Waals surface area contributed by atoms with Crippen LogP contribution in [-0.2, 0) is 5.60 Å². The van der Waals surface area contributed by atoms with Gasteiger partial charge in [-0.25, -0.2) is 0 Å². The summed E-state index contributed by atoms with van der Waals surface area (Å²) in [6.45, 7) is 0. The summed E-state index contributed by atoms with van der Waals surface area (Å²) in [5, 5.41) is 27.8. The second-order valence-corrected chi connectivity index (χ2v) is 7.08. The summed E-state index contributed by atoms with van der Waals surface area (Å²) in [5.41, 5.74) is 4.47. The molecule has 154 valence electrons. The van der Waals surface area contributed by atoms with Crippen LogP contribution in [0.15, 0.2) is 109 Å². The van der Waals surface area contributed by atoms with E-state index in [2.05, 4.69) is 30.3 Å². The zero-order valence-electron chi connectivity index (χ0n) is 17.4. The lowest BCUT2D eigenvalue weighted by Gasteiger charge is -2.27. The molecule has 4 aromatic rings. The lowest BCUT2D eigenvalue weighted by molar-refractivity contribution is 0.0860. The highest BCUT2D eigenvalue weighted by Crippen LogP contribution is 2.35. The van der Waals surface area contributed by atoms with E-state index in [-0.39, 0.29) is 6.42 Å². The van der Waals surface area contributed by atoms with Gasteiger partial charge in [-0.05, 0) is 33.4 Å². The summed E-state index contributed by atoms with van der Waals surface area (Å²) in [6.07, 6.45) is -0.0115. The number of aliphatic hydroxyl groups is 2. The molecule has 0 radical (unpaired) electrons. The minimum Gasteiger partial charge on any atom is -0.400 e. The molecular formula is C28H25NO2. The van der Waals surface area contributed by atoms with Crippen molar-refractivity contribution >= 4 is 0 Å². The molecule has 0 saturated carbocycles. The Morgan fingerprint density at radius 2 is 0.903 bits per heavy atom. The SMILES string of the molecule is CO.N#CCC(O)(c1ccc(-c2ccccc2)cc1)c1ccc(-c2ccccc2)cc1. The van der Waals surface area contributed by atoms with E-state index in [0.29, 0.717) is 11.1 Å². The van der Waals surface area contributed by atoms with Gasteiger partial charge in [0.05, 0.1) is 12.5 Å². The number of nitriles is 1. The molecule has 2 N–H and O–H groups in total.